The number of furan rings is 1. The highest BCUT2D eigenvalue weighted by atomic mass is 32.2. The molecule has 0 atom stereocenters. The maximum atomic E-state index is 13.1. The number of nitrogens with zero attached hydrogens (tertiary/aromatic N) is 5. The van der Waals surface area contributed by atoms with Crippen LogP contribution < -0.4 is 5.32 Å². The first-order valence-electron chi connectivity index (χ1n) is 12.5. The minimum absolute atomic E-state index is 0.0960. The van der Waals surface area contributed by atoms with Gasteiger partial charge in [-0.05, 0) is 70.2 Å². The number of carbonyl (C=O) groups is 2. The minimum Gasteiger partial charge on any atom is -0.467 e. The fraction of sp³-hybridized carbons (Fsp3) is 0.423. The lowest BCUT2D eigenvalue weighted by Gasteiger charge is -2.14. The van der Waals surface area contributed by atoms with Gasteiger partial charge in [0.05, 0.1) is 30.2 Å². The van der Waals surface area contributed by atoms with Crippen molar-refractivity contribution in [2.75, 3.05) is 11.1 Å². The number of amides is 1. The maximum Gasteiger partial charge on any atom is 0.341 e. The average Bonchev–Trinajstić information content (AvgIpc) is 3.65. The van der Waals surface area contributed by atoms with Gasteiger partial charge in [-0.3, -0.25) is 14.0 Å². The van der Waals surface area contributed by atoms with Crippen molar-refractivity contribution in [3.8, 4) is 11.5 Å². The molecule has 1 N–H and O–H groups in total. The molecule has 10 nitrogen and oxygen atoms in total. The molecule has 0 saturated heterocycles. The third-order valence-electron chi connectivity index (χ3n) is 6.26. The molecular formula is C26H30N6O4S2. The lowest BCUT2D eigenvalue weighted by Crippen LogP contribution is -2.19. The van der Waals surface area contributed by atoms with Crippen LogP contribution in [0.25, 0.3) is 11.5 Å². The molecule has 1 aliphatic rings. The highest BCUT2D eigenvalue weighted by Crippen LogP contribution is 2.39. The second-order valence-electron chi connectivity index (χ2n) is 9.47. The Bertz CT molecular complexity index is 1430. The Morgan fingerprint density at radius 1 is 1.26 bits per heavy atom. The van der Waals surface area contributed by atoms with Gasteiger partial charge in [0.2, 0.25) is 5.91 Å². The van der Waals surface area contributed by atoms with Gasteiger partial charge >= 0.3 is 5.97 Å². The molecule has 0 aliphatic heterocycles. The van der Waals surface area contributed by atoms with Crippen molar-refractivity contribution in [3.63, 3.8) is 0 Å². The molecule has 1 amide bonds. The fourth-order valence-electron chi connectivity index (χ4n) is 4.39. The summed E-state index contributed by atoms with van der Waals surface area (Å²) in [4.78, 5) is 27.2. The van der Waals surface area contributed by atoms with E-state index < -0.39 is 0 Å². The number of hydrogen-bond donors (Lipinski definition) is 1. The summed E-state index contributed by atoms with van der Waals surface area (Å²) in [5.41, 5.74) is 3.21. The van der Waals surface area contributed by atoms with E-state index in [0.717, 1.165) is 47.6 Å². The Kier molecular flexibility index (Phi) is 7.70. The molecule has 200 valence electrons. The van der Waals surface area contributed by atoms with Crippen molar-refractivity contribution in [1.29, 1.82) is 0 Å². The van der Waals surface area contributed by atoms with Crippen molar-refractivity contribution in [2.45, 2.75) is 64.3 Å². The standard InChI is InChI=1S/C26H30N6O4S2/c1-15(2)36-25(34)22-18-9-5-6-10-20(18)38-24(22)27-21(33)14-37-26-29-28-23(19-12-16(3)31(4)30-19)32(26)13-17-8-7-11-35-17/h7-8,11-12,15H,5-6,9-10,13-14H2,1-4H3,(H,27,33). The number of rotatable bonds is 9. The van der Waals surface area contributed by atoms with Gasteiger partial charge in [-0.2, -0.15) is 5.10 Å². The summed E-state index contributed by atoms with van der Waals surface area (Å²) in [7, 11) is 1.87. The summed E-state index contributed by atoms with van der Waals surface area (Å²) >= 11 is 2.75. The number of hydrogen-bond acceptors (Lipinski definition) is 9. The molecule has 0 saturated carbocycles. The highest BCUT2D eigenvalue weighted by molar-refractivity contribution is 7.99. The van der Waals surface area contributed by atoms with Gasteiger partial charge in [-0.1, -0.05) is 11.8 Å². The van der Waals surface area contributed by atoms with E-state index in [1.54, 1.807) is 10.9 Å². The van der Waals surface area contributed by atoms with Gasteiger partial charge in [-0.25, -0.2) is 4.79 Å². The largest absolute Gasteiger partial charge is 0.467 e. The maximum absolute atomic E-state index is 13.1. The molecule has 12 heteroatoms. The van der Waals surface area contributed by atoms with Gasteiger partial charge in [0.15, 0.2) is 11.0 Å². The van der Waals surface area contributed by atoms with Crippen molar-refractivity contribution in [3.05, 3.63) is 51.9 Å². The first-order valence-corrected chi connectivity index (χ1v) is 14.3. The number of ether oxygens (including phenoxy) is 1. The van der Waals surface area contributed by atoms with Crippen molar-refractivity contribution in [1.82, 2.24) is 24.5 Å². The zero-order chi connectivity index (χ0) is 26.8. The van der Waals surface area contributed by atoms with Gasteiger partial charge in [-0.15, -0.1) is 21.5 Å². The topological polar surface area (TPSA) is 117 Å². The van der Waals surface area contributed by atoms with Crippen LogP contribution in [0.15, 0.2) is 34.0 Å². The number of fused-ring (bicyclic) bond motifs is 1. The molecule has 4 aromatic rings. The van der Waals surface area contributed by atoms with Crippen LogP contribution in [0, 0.1) is 6.92 Å². The summed E-state index contributed by atoms with van der Waals surface area (Å²) in [6.45, 7) is 6.02. The van der Waals surface area contributed by atoms with E-state index in [1.807, 2.05) is 50.6 Å². The van der Waals surface area contributed by atoms with Crippen LogP contribution in [0.3, 0.4) is 0 Å². The predicted molar refractivity (Wildman–Crippen MR) is 146 cm³/mol. The molecule has 4 aromatic heterocycles. The third-order valence-corrected chi connectivity index (χ3v) is 8.43. The van der Waals surface area contributed by atoms with Gasteiger partial charge in [0, 0.05) is 17.6 Å². The lowest BCUT2D eigenvalue weighted by atomic mass is 9.95. The molecule has 0 spiro atoms. The van der Waals surface area contributed by atoms with Crippen LogP contribution in [0.1, 0.15) is 58.9 Å². The molecule has 5 rings (SSSR count). The second-order valence-corrected chi connectivity index (χ2v) is 11.5. The number of thioether (sulfide) groups is 1. The van der Waals surface area contributed by atoms with E-state index in [4.69, 9.17) is 9.15 Å². The summed E-state index contributed by atoms with van der Waals surface area (Å²) in [6.07, 6.45) is 5.23. The molecule has 0 aromatic carbocycles. The molecule has 0 radical (unpaired) electrons. The Morgan fingerprint density at radius 2 is 2.08 bits per heavy atom. The number of esters is 1. The highest BCUT2D eigenvalue weighted by Gasteiger charge is 2.28. The quantitative estimate of drug-likeness (QED) is 0.230. The molecule has 4 heterocycles. The van der Waals surface area contributed by atoms with Crippen LogP contribution in [0.2, 0.25) is 0 Å². The van der Waals surface area contributed by atoms with Crippen LogP contribution in [-0.2, 0) is 36.0 Å². The lowest BCUT2D eigenvalue weighted by molar-refractivity contribution is -0.113. The van der Waals surface area contributed by atoms with Crippen LogP contribution in [-0.4, -0.2) is 48.3 Å². The van der Waals surface area contributed by atoms with E-state index in [0.29, 0.717) is 33.8 Å². The SMILES string of the molecule is Cc1cc(-c2nnc(SCC(=O)Nc3sc4c(c3C(=O)OC(C)C)CCCC4)n2Cc2ccco2)nn1C. The number of anilines is 1. The predicted octanol–water partition coefficient (Wildman–Crippen LogP) is 4.86. The van der Waals surface area contributed by atoms with E-state index in [2.05, 4.69) is 20.6 Å². The van der Waals surface area contributed by atoms with E-state index in [-0.39, 0.29) is 23.7 Å². The number of aromatic nitrogens is 5. The fourth-order valence-corrected chi connectivity index (χ4v) is 6.42. The molecular weight excluding hydrogens is 524 g/mol. The summed E-state index contributed by atoms with van der Waals surface area (Å²) in [5, 5.41) is 17.4. The summed E-state index contributed by atoms with van der Waals surface area (Å²) in [6, 6.07) is 5.65. The van der Waals surface area contributed by atoms with Crippen molar-refractivity contribution < 1.29 is 18.7 Å². The number of nitrogens with one attached hydrogen (secondary N) is 1. The van der Waals surface area contributed by atoms with Crippen LogP contribution in [0.5, 0.6) is 0 Å². The van der Waals surface area contributed by atoms with Crippen LogP contribution in [0.4, 0.5) is 5.00 Å². The second kappa shape index (κ2) is 11.2. The normalized spacial score (nSPS) is 13.1. The number of thiophene rings is 1. The zero-order valence-corrected chi connectivity index (χ0v) is 23.4. The molecule has 0 fully saturated rings. The summed E-state index contributed by atoms with van der Waals surface area (Å²) in [5.74, 6) is 0.824. The number of carbonyl (C=O) groups excluding carboxylic acids is 2. The van der Waals surface area contributed by atoms with Gasteiger partial charge in [0.1, 0.15) is 16.5 Å². The average molecular weight is 555 g/mol. The zero-order valence-electron chi connectivity index (χ0n) is 21.8. The third kappa shape index (κ3) is 5.56. The first-order chi connectivity index (χ1) is 18.3. The Morgan fingerprint density at radius 3 is 2.79 bits per heavy atom. The van der Waals surface area contributed by atoms with Crippen molar-refractivity contribution in [2.24, 2.45) is 7.05 Å². The molecule has 0 unspecified atom stereocenters. The summed E-state index contributed by atoms with van der Waals surface area (Å²) < 4.78 is 14.7. The smallest absolute Gasteiger partial charge is 0.341 e. The van der Waals surface area contributed by atoms with Gasteiger partial charge < -0.3 is 14.5 Å². The molecule has 38 heavy (non-hydrogen) atoms. The Labute approximate surface area is 228 Å². The van der Waals surface area contributed by atoms with E-state index in [1.165, 1.54) is 23.1 Å². The van der Waals surface area contributed by atoms with Gasteiger partial charge in [0.25, 0.3) is 0 Å². The Hall–Kier alpha value is -3.38. The van der Waals surface area contributed by atoms with E-state index >= 15 is 0 Å². The van der Waals surface area contributed by atoms with Crippen molar-refractivity contribution >= 4 is 40.0 Å². The number of aryl methyl sites for hydroxylation is 3. The molecule has 0 bridgehead atoms. The minimum atomic E-state index is -0.379. The molecule has 1 aliphatic carbocycles. The monoisotopic (exact) mass is 554 g/mol. The first kappa shape index (κ1) is 26.2. The van der Waals surface area contributed by atoms with E-state index in [9.17, 15) is 9.59 Å². The van der Waals surface area contributed by atoms with Crippen LogP contribution >= 0.6 is 23.1 Å². The Balaban J connectivity index is 1.35.